The van der Waals surface area contributed by atoms with Crippen LogP contribution in [-0.4, -0.2) is 45.2 Å². The van der Waals surface area contributed by atoms with Crippen LogP contribution in [0.5, 0.6) is 11.5 Å². The van der Waals surface area contributed by atoms with Gasteiger partial charge in [-0.3, -0.25) is 9.59 Å². The van der Waals surface area contributed by atoms with Crippen LogP contribution in [0.25, 0.3) is 0 Å². The van der Waals surface area contributed by atoms with Crippen LogP contribution in [0.3, 0.4) is 0 Å². The summed E-state index contributed by atoms with van der Waals surface area (Å²) < 4.78 is 11.2. The van der Waals surface area contributed by atoms with Gasteiger partial charge in [-0.05, 0) is 41.4 Å². The van der Waals surface area contributed by atoms with Crippen molar-refractivity contribution in [2.75, 3.05) is 23.8 Å². The Bertz CT molecular complexity index is 989. The largest absolute Gasteiger partial charge is 0.480 e. The molecule has 2 aliphatic rings. The first-order valence-electron chi connectivity index (χ1n) is 8.74. The fourth-order valence-corrected chi connectivity index (χ4v) is 3.18. The maximum Gasteiger partial charge on any atom is 0.263 e. The number of anilines is 2. The fraction of sp³-hybridized carbons (Fsp3) is 0.333. The predicted octanol–water partition coefficient (Wildman–Crippen LogP) is 2.88. The third-order valence-corrected chi connectivity index (χ3v) is 5.17. The second kappa shape index (κ2) is 11.7. The number of carbonyl (C=O) groups is 2. The Balaban J connectivity index is 0.000000204. The Morgan fingerprint density at radius 2 is 1.52 bits per heavy atom. The molecule has 0 aliphatic carbocycles. The second-order valence-electron chi connectivity index (χ2n) is 6.27. The first-order valence-corrected chi connectivity index (χ1v) is 13.3. The molecule has 0 fully saturated rings. The van der Waals surface area contributed by atoms with E-state index in [1.165, 1.54) is 0 Å². The molecule has 168 valence electrons. The lowest BCUT2D eigenvalue weighted by Crippen LogP contribution is -2.27. The van der Waals surface area contributed by atoms with Crippen molar-refractivity contribution >= 4 is 67.6 Å². The summed E-state index contributed by atoms with van der Waals surface area (Å²) in [4.78, 5) is 30.2. The summed E-state index contributed by atoms with van der Waals surface area (Å²) in [6.07, 6.45) is 0. The number of fused-ring (bicyclic) bond motifs is 2. The molecular formula is C18H19Br3N4O6. The first-order chi connectivity index (χ1) is 14.8. The Morgan fingerprint density at radius 1 is 0.968 bits per heavy atom. The Labute approximate surface area is 201 Å². The van der Waals surface area contributed by atoms with Crippen LogP contribution in [0.1, 0.15) is 22.5 Å². The molecule has 0 saturated carbocycles. The van der Waals surface area contributed by atoms with Crippen LogP contribution in [-0.2, 0) is 22.8 Å². The van der Waals surface area contributed by atoms with Gasteiger partial charge in [-0.1, -0.05) is 0 Å². The van der Waals surface area contributed by atoms with Crippen molar-refractivity contribution < 1.29 is 29.3 Å². The number of aliphatic hydroxyl groups is 2. The molecule has 4 N–H and O–H groups in total. The normalized spacial score (nSPS) is 13.5. The molecule has 13 heteroatoms. The number of nitrogens with one attached hydrogen (secondary N) is 2. The third-order valence-electron chi connectivity index (χ3n) is 4.12. The maximum atomic E-state index is 11.1. The van der Waals surface area contributed by atoms with Crippen molar-refractivity contribution in [3.05, 3.63) is 33.1 Å². The summed E-state index contributed by atoms with van der Waals surface area (Å²) in [6, 6.07) is 1.73. The van der Waals surface area contributed by atoms with E-state index in [1.807, 2.05) is 13.8 Å². The number of hydrogen-bond acceptors (Lipinski definition) is 8. The molecule has 2 amide bonds. The van der Waals surface area contributed by atoms with E-state index in [1.54, 1.807) is 6.07 Å². The summed E-state index contributed by atoms with van der Waals surface area (Å²) in [5, 5.41) is 23.2. The highest BCUT2D eigenvalue weighted by Gasteiger charge is 2.23. The summed E-state index contributed by atoms with van der Waals surface area (Å²) in [5.74, 6) is 1.45. The second-order valence-corrected chi connectivity index (χ2v) is 7.07. The highest BCUT2D eigenvalue weighted by molar-refractivity contribution is 9.93. The van der Waals surface area contributed by atoms with Crippen molar-refractivity contribution in [3.63, 3.8) is 0 Å². The Morgan fingerprint density at radius 3 is 2.06 bits per heavy atom. The van der Waals surface area contributed by atoms with E-state index in [4.69, 9.17) is 19.7 Å². The van der Waals surface area contributed by atoms with E-state index in [-0.39, 0.29) is 38.2 Å². The van der Waals surface area contributed by atoms with Crippen LogP contribution in [0.4, 0.5) is 11.6 Å². The van der Waals surface area contributed by atoms with Crippen LogP contribution in [0.2, 0.25) is 0 Å². The van der Waals surface area contributed by atoms with Crippen molar-refractivity contribution in [3.8, 4) is 11.5 Å². The van der Waals surface area contributed by atoms with Crippen LogP contribution < -0.4 is 20.1 Å². The molecule has 0 radical (unpaired) electrons. The smallest absolute Gasteiger partial charge is 0.263 e. The summed E-state index contributed by atoms with van der Waals surface area (Å²) >= 11 is 8.82. The van der Waals surface area contributed by atoms with Gasteiger partial charge in [-0.25, -0.2) is 9.97 Å². The molecular weight excluding hydrogens is 608 g/mol. The number of aliphatic hydroxyl groups excluding tert-OH is 2. The van der Waals surface area contributed by atoms with Crippen molar-refractivity contribution in [1.29, 1.82) is 0 Å². The zero-order valence-electron chi connectivity index (χ0n) is 16.5. The van der Waals surface area contributed by atoms with Gasteiger partial charge in [-0.2, -0.15) is 0 Å². The lowest BCUT2D eigenvalue weighted by Gasteiger charge is -2.20. The maximum absolute atomic E-state index is 11.1. The molecule has 2 aliphatic heterocycles. The molecule has 4 rings (SSSR count). The van der Waals surface area contributed by atoms with Crippen LogP contribution in [0.15, 0.2) is 10.5 Å². The number of rotatable bonds is 2. The number of amides is 2. The molecule has 0 unspecified atom stereocenters. The fourth-order valence-electron chi connectivity index (χ4n) is 2.78. The standard InChI is InChI=1S/C9H9BrN2O3.C9H10N2O3.Br2/c1-4-7(10)5(2-13)11-9-8(4)15-3-6(14)12-9;1-5-2-6(3-12)10-9-8(5)14-4-7(13)11-9;1-2/h13H,2-3H2,1H3,(H,11,12,14);2,12H,3-4H2,1H3,(H,10,11,13);. The third kappa shape index (κ3) is 6.13. The van der Waals surface area contributed by atoms with E-state index in [9.17, 15) is 9.59 Å². The number of hydrogen-bond donors (Lipinski definition) is 4. The van der Waals surface area contributed by atoms with Gasteiger partial charge in [0.25, 0.3) is 11.8 Å². The summed E-state index contributed by atoms with van der Waals surface area (Å²) in [6.45, 7) is 3.36. The minimum absolute atomic E-state index is 0.000428. The van der Waals surface area contributed by atoms with E-state index in [0.717, 1.165) is 11.1 Å². The van der Waals surface area contributed by atoms with E-state index in [0.29, 0.717) is 39.0 Å². The average molecular weight is 627 g/mol. The van der Waals surface area contributed by atoms with Crippen molar-refractivity contribution in [2.45, 2.75) is 27.1 Å². The Hall–Kier alpha value is -1.80. The van der Waals surface area contributed by atoms with Crippen molar-refractivity contribution in [2.24, 2.45) is 0 Å². The lowest BCUT2D eigenvalue weighted by atomic mass is 10.2. The number of carbonyl (C=O) groups excluding carboxylic acids is 2. The molecule has 0 saturated heterocycles. The zero-order valence-corrected chi connectivity index (χ0v) is 21.2. The Kier molecular flexibility index (Phi) is 9.62. The number of nitrogens with zero attached hydrogens (tertiary/aromatic N) is 2. The highest BCUT2D eigenvalue weighted by Crippen LogP contribution is 2.36. The molecule has 0 atom stereocenters. The lowest BCUT2D eigenvalue weighted by molar-refractivity contribution is -0.119. The van der Waals surface area contributed by atoms with E-state index >= 15 is 0 Å². The number of aromatic nitrogens is 2. The van der Waals surface area contributed by atoms with Gasteiger partial charge in [0.15, 0.2) is 36.3 Å². The molecule has 31 heavy (non-hydrogen) atoms. The summed E-state index contributed by atoms with van der Waals surface area (Å²) in [7, 11) is 0. The minimum Gasteiger partial charge on any atom is -0.480 e. The minimum atomic E-state index is -0.236. The monoisotopic (exact) mass is 624 g/mol. The molecule has 4 heterocycles. The summed E-state index contributed by atoms with van der Waals surface area (Å²) in [5.41, 5.74) is 2.69. The topological polar surface area (TPSA) is 143 Å². The molecule has 2 aromatic rings. The molecule has 2 aromatic heterocycles. The molecule has 0 bridgehead atoms. The molecule has 10 nitrogen and oxygen atoms in total. The van der Waals surface area contributed by atoms with E-state index in [2.05, 4.69) is 64.8 Å². The number of ether oxygens (including phenoxy) is 2. The molecule has 0 aromatic carbocycles. The van der Waals surface area contributed by atoms with Gasteiger partial charge in [0.2, 0.25) is 0 Å². The quantitative estimate of drug-likeness (QED) is 0.399. The van der Waals surface area contributed by atoms with E-state index < -0.39 is 0 Å². The van der Waals surface area contributed by atoms with Gasteiger partial charge in [-0.15, -0.1) is 0 Å². The SMILES string of the molecule is BrBr.Cc1c(Br)c(CO)nc2c1OCC(=O)N2.Cc1cc(CO)nc2c1OCC(=O)N2. The number of pyridine rings is 2. The van der Waals surface area contributed by atoms with Gasteiger partial charge < -0.3 is 30.3 Å². The predicted molar refractivity (Wildman–Crippen MR) is 124 cm³/mol. The number of aryl methyl sites for hydroxylation is 1. The number of halogens is 3. The van der Waals surface area contributed by atoms with Crippen LogP contribution >= 0.6 is 44.2 Å². The van der Waals surface area contributed by atoms with Gasteiger partial charge >= 0.3 is 0 Å². The van der Waals surface area contributed by atoms with Gasteiger partial charge in [0.1, 0.15) is 0 Å². The zero-order chi connectivity index (χ0) is 23.1. The van der Waals surface area contributed by atoms with Crippen LogP contribution in [0, 0.1) is 13.8 Å². The highest BCUT2D eigenvalue weighted by atomic mass is 80.9. The van der Waals surface area contributed by atoms with Gasteiger partial charge in [0.05, 0.1) is 24.6 Å². The first kappa shape index (κ1) is 25.5. The van der Waals surface area contributed by atoms with Gasteiger partial charge in [0, 0.05) is 38.3 Å². The van der Waals surface area contributed by atoms with Crippen molar-refractivity contribution in [1.82, 2.24) is 9.97 Å². The molecule has 0 spiro atoms. The average Bonchev–Trinajstić information content (AvgIpc) is 2.77.